The molecule has 114 valence electrons. The Bertz CT molecular complexity index is 796. The minimum atomic E-state index is -0.371. The molecule has 0 spiro atoms. The van der Waals surface area contributed by atoms with Gasteiger partial charge in [-0.25, -0.2) is 4.98 Å². The number of hydrogen-bond donors (Lipinski definition) is 0. The van der Waals surface area contributed by atoms with Gasteiger partial charge in [0, 0.05) is 5.38 Å². The van der Waals surface area contributed by atoms with E-state index in [4.69, 9.17) is 9.15 Å². The van der Waals surface area contributed by atoms with Crippen molar-refractivity contribution >= 4 is 44.6 Å². The van der Waals surface area contributed by atoms with Crippen LogP contribution in [-0.2, 0) is 22.6 Å². The van der Waals surface area contributed by atoms with Gasteiger partial charge >= 0.3 is 5.97 Å². The fourth-order valence-electron chi connectivity index (χ4n) is 1.67. The van der Waals surface area contributed by atoms with Gasteiger partial charge in [0.15, 0.2) is 6.61 Å². The van der Waals surface area contributed by atoms with Crippen molar-refractivity contribution in [1.82, 2.24) is 15.2 Å². The summed E-state index contributed by atoms with van der Waals surface area (Å²) in [7, 11) is 0. The predicted octanol–water partition coefficient (Wildman–Crippen LogP) is 3.61. The minimum absolute atomic E-state index is 0.0402. The van der Waals surface area contributed by atoms with Crippen LogP contribution in [0.5, 0.6) is 0 Å². The first-order valence-electron chi connectivity index (χ1n) is 6.25. The number of nitrogens with zero attached hydrogens (tertiary/aromatic N) is 3. The summed E-state index contributed by atoms with van der Waals surface area (Å²) in [5.74, 6) is 0.308. The molecule has 0 saturated carbocycles. The number of ether oxygens (including phenoxy) is 1. The number of rotatable bonds is 5. The highest BCUT2D eigenvalue weighted by Gasteiger charge is 2.13. The highest BCUT2D eigenvalue weighted by Crippen LogP contribution is 2.30. The average molecular weight is 400 g/mol. The molecule has 0 aliphatic heterocycles. The molecule has 0 saturated heterocycles. The van der Waals surface area contributed by atoms with Crippen molar-refractivity contribution in [3.05, 3.63) is 37.9 Å². The van der Waals surface area contributed by atoms with Gasteiger partial charge in [-0.1, -0.05) is 0 Å². The molecule has 3 aromatic rings. The predicted molar refractivity (Wildman–Crippen MR) is 85.7 cm³/mol. The van der Waals surface area contributed by atoms with Gasteiger partial charge in [-0.2, -0.15) is 0 Å². The fourth-order valence-corrected chi connectivity index (χ4v) is 3.59. The number of halogens is 1. The number of hydrogen-bond acceptors (Lipinski definition) is 8. The molecule has 0 aliphatic rings. The Kier molecular flexibility index (Phi) is 4.65. The largest absolute Gasteiger partial charge is 0.455 e. The smallest absolute Gasteiger partial charge is 0.312 e. The molecule has 22 heavy (non-hydrogen) atoms. The van der Waals surface area contributed by atoms with E-state index in [9.17, 15) is 4.79 Å². The van der Waals surface area contributed by atoms with Crippen LogP contribution >= 0.6 is 38.6 Å². The van der Waals surface area contributed by atoms with Gasteiger partial charge in [0.1, 0.15) is 0 Å². The van der Waals surface area contributed by atoms with Crippen LogP contribution in [0.2, 0.25) is 0 Å². The van der Waals surface area contributed by atoms with Crippen molar-refractivity contribution in [3.63, 3.8) is 0 Å². The van der Waals surface area contributed by atoms with Gasteiger partial charge in [-0.3, -0.25) is 4.79 Å². The Hall–Kier alpha value is -1.58. The Morgan fingerprint density at radius 3 is 2.95 bits per heavy atom. The number of aryl methyl sites for hydroxylation is 1. The Labute approximate surface area is 142 Å². The zero-order chi connectivity index (χ0) is 15.5. The minimum Gasteiger partial charge on any atom is -0.455 e. The highest BCUT2D eigenvalue weighted by atomic mass is 79.9. The van der Waals surface area contributed by atoms with E-state index in [0.717, 1.165) is 13.7 Å². The van der Waals surface area contributed by atoms with E-state index in [2.05, 4.69) is 31.1 Å². The molecule has 0 unspecified atom stereocenters. The second kappa shape index (κ2) is 6.67. The molecule has 0 aliphatic carbocycles. The third-order valence-electron chi connectivity index (χ3n) is 2.60. The van der Waals surface area contributed by atoms with Crippen LogP contribution in [0.3, 0.4) is 0 Å². The lowest BCUT2D eigenvalue weighted by atomic mass is 10.3. The molecule has 3 rings (SSSR count). The number of carbonyl (C=O) groups excluding carboxylic acids is 1. The maximum Gasteiger partial charge on any atom is 0.312 e. The van der Waals surface area contributed by atoms with Crippen LogP contribution in [0, 0.1) is 6.92 Å². The van der Waals surface area contributed by atoms with Gasteiger partial charge < -0.3 is 9.15 Å². The molecule has 0 N–H and O–H groups in total. The van der Waals surface area contributed by atoms with Gasteiger partial charge in [0.2, 0.25) is 0 Å². The zero-order valence-electron chi connectivity index (χ0n) is 11.4. The molecular weight excluding hydrogens is 390 g/mol. The van der Waals surface area contributed by atoms with E-state index in [1.807, 2.05) is 24.4 Å². The summed E-state index contributed by atoms with van der Waals surface area (Å²) in [5.41, 5.74) is 0.710. The number of esters is 1. The summed E-state index contributed by atoms with van der Waals surface area (Å²) in [6.45, 7) is 1.85. The van der Waals surface area contributed by atoms with Crippen LogP contribution < -0.4 is 0 Å². The molecule has 3 aromatic heterocycles. The van der Waals surface area contributed by atoms with Crippen molar-refractivity contribution in [2.24, 2.45) is 0 Å². The van der Waals surface area contributed by atoms with Crippen molar-refractivity contribution in [2.45, 2.75) is 20.0 Å². The molecule has 0 aromatic carbocycles. The standard InChI is InChI=1S/C13H10BrN3O3S2/c1-7-15-8(6-21-7)4-12(18)19-5-11-16-17-13(20-11)9-2-3-10(14)22-9/h2-3,6H,4-5H2,1H3. The fraction of sp³-hybridized carbons (Fsp3) is 0.231. The number of thiophene rings is 1. The molecule has 0 fully saturated rings. The quantitative estimate of drug-likeness (QED) is 0.609. The van der Waals surface area contributed by atoms with Crippen LogP contribution in [0.1, 0.15) is 16.6 Å². The number of carbonyl (C=O) groups is 1. The molecule has 9 heteroatoms. The molecule has 3 heterocycles. The molecule has 0 amide bonds. The molecule has 0 bridgehead atoms. The second-order valence-electron chi connectivity index (χ2n) is 4.30. The van der Waals surface area contributed by atoms with Crippen LogP contribution in [0.4, 0.5) is 0 Å². The SMILES string of the molecule is Cc1nc(CC(=O)OCc2nnc(-c3ccc(Br)s3)o2)cs1. The van der Waals surface area contributed by atoms with Gasteiger partial charge in [0.25, 0.3) is 11.8 Å². The van der Waals surface area contributed by atoms with Crippen molar-refractivity contribution in [1.29, 1.82) is 0 Å². The monoisotopic (exact) mass is 399 g/mol. The summed E-state index contributed by atoms with van der Waals surface area (Å²) in [6, 6.07) is 3.78. The summed E-state index contributed by atoms with van der Waals surface area (Å²) >= 11 is 6.36. The molecule has 0 atom stereocenters. The molecule has 0 radical (unpaired) electrons. The lowest BCUT2D eigenvalue weighted by molar-refractivity contribution is -0.144. The maximum atomic E-state index is 11.7. The van der Waals surface area contributed by atoms with Crippen molar-refractivity contribution < 1.29 is 13.9 Å². The number of thiazole rings is 1. The zero-order valence-corrected chi connectivity index (χ0v) is 14.6. The molecule has 6 nitrogen and oxygen atoms in total. The van der Waals surface area contributed by atoms with E-state index in [0.29, 0.717) is 11.6 Å². The third kappa shape index (κ3) is 3.79. The first kappa shape index (κ1) is 15.3. The second-order valence-corrected chi connectivity index (χ2v) is 7.83. The van der Waals surface area contributed by atoms with E-state index >= 15 is 0 Å². The van der Waals surface area contributed by atoms with E-state index < -0.39 is 0 Å². The Morgan fingerprint density at radius 1 is 1.41 bits per heavy atom. The van der Waals surface area contributed by atoms with E-state index in [-0.39, 0.29) is 24.9 Å². The lowest BCUT2D eigenvalue weighted by Crippen LogP contribution is -2.08. The third-order valence-corrected chi connectivity index (χ3v) is 5.03. The normalized spacial score (nSPS) is 10.8. The van der Waals surface area contributed by atoms with E-state index in [1.54, 1.807) is 0 Å². The summed E-state index contributed by atoms with van der Waals surface area (Å²) in [5, 5.41) is 10.6. The Balaban J connectivity index is 1.55. The number of aromatic nitrogens is 3. The summed E-state index contributed by atoms with van der Waals surface area (Å²) in [4.78, 5) is 16.8. The lowest BCUT2D eigenvalue weighted by Gasteiger charge is -1.99. The van der Waals surface area contributed by atoms with Gasteiger partial charge in [-0.05, 0) is 35.0 Å². The van der Waals surface area contributed by atoms with Gasteiger partial charge in [0.05, 0.1) is 25.8 Å². The van der Waals surface area contributed by atoms with Crippen LogP contribution in [0.15, 0.2) is 25.7 Å². The topological polar surface area (TPSA) is 78.1 Å². The first-order valence-corrected chi connectivity index (χ1v) is 8.74. The first-order chi connectivity index (χ1) is 10.6. The van der Waals surface area contributed by atoms with Crippen molar-refractivity contribution in [3.8, 4) is 10.8 Å². The summed E-state index contributed by atoms with van der Waals surface area (Å²) in [6.07, 6.45) is 0.142. The maximum absolute atomic E-state index is 11.7. The van der Waals surface area contributed by atoms with E-state index in [1.165, 1.54) is 22.7 Å². The summed E-state index contributed by atoms with van der Waals surface area (Å²) < 4.78 is 11.6. The highest BCUT2D eigenvalue weighted by molar-refractivity contribution is 9.11. The van der Waals surface area contributed by atoms with Crippen LogP contribution in [-0.4, -0.2) is 21.2 Å². The average Bonchev–Trinajstić information content (AvgIpc) is 3.18. The molecular formula is C13H10BrN3O3S2. The van der Waals surface area contributed by atoms with Gasteiger partial charge in [-0.15, -0.1) is 32.9 Å². The van der Waals surface area contributed by atoms with Crippen molar-refractivity contribution in [2.75, 3.05) is 0 Å². The van der Waals surface area contributed by atoms with Crippen LogP contribution in [0.25, 0.3) is 10.8 Å². The Morgan fingerprint density at radius 2 is 2.27 bits per heavy atom.